The summed E-state index contributed by atoms with van der Waals surface area (Å²) < 4.78 is 35.5. The maximum atomic E-state index is 12.7. The summed E-state index contributed by atoms with van der Waals surface area (Å²) >= 11 is 6.02. The number of halogens is 1. The van der Waals surface area contributed by atoms with Gasteiger partial charge in [-0.25, -0.2) is 23.0 Å². The quantitative estimate of drug-likeness (QED) is 0.370. The smallest absolute Gasteiger partial charge is 0.358 e. The Morgan fingerprint density at radius 3 is 2.41 bits per heavy atom. The zero-order chi connectivity index (χ0) is 24.1. The molecule has 180 valence electrons. The number of morpholine rings is 1. The van der Waals surface area contributed by atoms with E-state index in [0.717, 1.165) is 38.4 Å². The van der Waals surface area contributed by atoms with Crippen LogP contribution in [-0.2, 0) is 19.5 Å². The molecule has 1 aliphatic heterocycles. The van der Waals surface area contributed by atoms with E-state index in [9.17, 15) is 13.2 Å². The van der Waals surface area contributed by atoms with E-state index in [1.165, 1.54) is 12.1 Å². The Morgan fingerprint density at radius 1 is 1.09 bits per heavy atom. The molecule has 2 N–H and O–H groups in total. The molecule has 0 unspecified atom stereocenters. The lowest BCUT2D eigenvalue weighted by atomic mass is 10.1. The summed E-state index contributed by atoms with van der Waals surface area (Å²) in [7, 11) is -3.83. The zero-order valence-corrected chi connectivity index (χ0v) is 20.0. The molecule has 0 aliphatic carbocycles. The van der Waals surface area contributed by atoms with Crippen molar-refractivity contribution in [1.29, 1.82) is 0 Å². The van der Waals surface area contributed by atoms with Crippen LogP contribution in [0.3, 0.4) is 0 Å². The highest BCUT2D eigenvalue weighted by atomic mass is 35.5. The van der Waals surface area contributed by atoms with Gasteiger partial charge in [-0.3, -0.25) is 4.90 Å². The lowest BCUT2D eigenvalue weighted by Crippen LogP contribution is -2.37. The summed E-state index contributed by atoms with van der Waals surface area (Å²) in [5.74, 6) is -0.530. The number of hydrogen-bond donors (Lipinski definition) is 1. The fourth-order valence-corrected chi connectivity index (χ4v) is 4.27. The average Bonchev–Trinajstić information content (AvgIpc) is 3.28. The first-order valence-electron chi connectivity index (χ1n) is 10.8. The number of sulfonamides is 1. The minimum Gasteiger partial charge on any atom is -0.461 e. The lowest BCUT2D eigenvalue weighted by molar-refractivity contribution is 0.0296. The van der Waals surface area contributed by atoms with Crippen molar-refractivity contribution in [3.05, 3.63) is 65.3 Å². The monoisotopic (exact) mass is 504 g/mol. The van der Waals surface area contributed by atoms with Crippen LogP contribution >= 0.6 is 11.6 Å². The van der Waals surface area contributed by atoms with Gasteiger partial charge in [0.2, 0.25) is 10.0 Å². The molecule has 1 fully saturated rings. The number of rotatable bonds is 8. The molecule has 0 amide bonds. The molecule has 1 aromatic heterocycles. The number of nitrogens with zero attached hydrogens (tertiary/aromatic N) is 3. The summed E-state index contributed by atoms with van der Waals surface area (Å²) in [5, 5.41) is 10.2. The van der Waals surface area contributed by atoms with E-state index in [-0.39, 0.29) is 17.2 Å². The Bertz CT molecular complexity index is 1240. The van der Waals surface area contributed by atoms with Gasteiger partial charge >= 0.3 is 5.97 Å². The van der Waals surface area contributed by atoms with Crippen LogP contribution in [0.2, 0.25) is 5.02 Å². The molecule has 4 rings (SSSR count). The van der Waals surface area contributed by atoms with Gasteiger partial charge < -0.3 is 9.47 Å². The van der Waals surface area contributed by atoms with Crippen molar-refractivity contribution in [2.75, 3.05) is 39.5 Å². The largest absolute Gasteiger partial charge is 0.461 e. The molecule has 1 saturated heterocycles. The van der Waals surface area contributed by atoms with Gasteiger partial charge in [0, 0.05) is 30.2 Å². The van der Waals surface area contributed by atoms with Crippen molar-refractivity contribution in [3.63, 3.8) is 0 Å². The highest BCUT2D eigenvalue weighted by Gasteiger charge is 2.19. The standard InChI is InChI=1S/C23H25ClN4O5S/c24-18-4-2-17(3-5-18)22-16-21(23(29)33-13-1-10-27-11-14-32-15-12-27)26-28(22)19-6-8-20(9-7-19)34(25,30)31/h2-9,16H,1,10-15H2,(H2,25,30,31). The highest BCUT2D eigenvalue weighted by Crippen LogP contribution is 2.26. The number of nitrogens with two attached hydrogens (primary N) is 1. The summed E-state index contributed by atoms with van der Waals surface area (Å²) in [6.07, 6.45) is 0.714. The van der Waals surface area contributed by atoms with Crippen molar-refractivity contribution in [2.24, 2.45) is 5.14 Å². The molecule has 0 radical (unpaired) electrons. The van der Waals surface area contributed by atoms with Crippen molar-refractivity contribution >= 4 is 27.6 Å². The van der Waals surface area contributed by atoms with Crippen LogP contribution < -0.4 is 5.14 Å². The topological polar surface area (TPSA) is 117 Å². The second kappa shape index (κ2) is 10.7. The molecule has 9 nitrogen and oxygen atoms in total. The molecular formula is C23H25ClN4O5S. The summed E-state index contributed by atoms with van der Waals surface area (Å²) in [5.41, 5.74) is 2.11. The second-order valence-corrected chi connectivity index (χ2v) is 9.81. The predicted molar refractivity (Wildman–Crippen MR) is 128 cm³/mol. The van der Waals surface area contributed by atoms with E-state index in [2.05, 4.69) is 10.00 Å². The number of hydrogen-bond acceptors (Lipinski definition) is 7. The summed E-state index contributed by atoms with van der Waals surface area (Å²) in [4.78, 5) is 15.0. The van der Waals surface area contributed by atoms with Crippen molar-refractivity contribution in [3.8, 4) is 16.9 Å². The predicted octanol–water partition coefficient (Wildman–Crippen LogP) is 2.72. The number of benzene rings is 2. The number of esters is 1. The molecule has 0 bridgehead atoms. The summed E-state index contributed by atoms with van der Waals surface area (Å²) in [6, 6.07) is 14.7. The van der Waals surface area contributed by atoms with Gasteiger partial charge in [-0.15, -0.1) is 0 Å². The number of ether oxygens (including phenoxy) is 2. The second-order valence-electron chi connectivity index (χ2n) is 7.82. The Labute approximate surface area is 203 Å². The van der Waals surface area contributed by atoms with Crippen LogP contribution in [0.15, 0.2) is 59.5 Å². The first kappa shape index (κ1) is 24.4. The molecular weight excluding hydrogens is 480 g/mol. The van der Waals surface area contributed by atoms with E-state index < -0.39 is 16.0 Å². The van der Waals surface area contributed by atoms with Crippen molar-refractivity contribution in [1.82, 2.24) is 14.7 Å². The number of aromatic nitrogens is 2. The Hall–Kier alpha value is -2.76. The van der Waals surface area contributed by atoms with Gasteiger partial charge in [0.05, 0.1) is 36.1 Å². The average molecular weight is 505 g/mol. The van der Waals surface area contributed by atoms with Gasteiger partial charge in [0.25, 0.3) is 0 Å². The molecule has 2 heterocycles. The van der Waals surface area contributed by atoms with Crippen LogP contribution in [0.4, 0.5) is 0 Å². The Kier molecular flexibility index (Phi) is 7.64. The van der Waals surface area contributed by atoms with Gasteiger partial charge in [0.1, 0.15) is 0 Å². The maximum absolute atomic E-state index is 12.7. The minimum absolute atomic E-state index is 0.0173. The maximum Gasteiger partial charge on any atom is 0.358 e. The van der Waals surface area contributed by atoms with Gasteiger partial charge in [-0.2, -0.15) is 5.10 Å². The normalized spacial score (nSPS) is 14.8. The molecule has 2 aromatic carbocycles. The lowest BCUT2D eigenvalue weighted by Gasteiger charge is -2.26. The van der Waals surface area contributed by atoms with Crippen LogP contribution in [0, 0.1) is 0 Å². The fraction of sp³-hybridized carbons (Fsp3) is 0.304. The van der Waals surface area contributed by atoms with Crippen LogP contribution in [0.25, 0.3) is 16.9 Å². The number of primary sulfonamides is 1. The Morgan fingerprint density at radius 2 is 1.76 bits per heavy atom. The van der Waals surface area contributed by atoms with Crippen molar-refractivity contribution in [2.45, 2.75) is 11.3 Å². The third-order valence-electron chi connectivity index (χ3n) is 5.42. The number of carbonyl (C=O) groups excluding carboxylic acids is 1. The van der Waals surface area contributed by atoms with Gasteiger partial charge in [0.15, 0.2) is 5.69 Å². The molecule has 11 heteroatoms. The zero-order valence-electron chi connectivity index (χ0n) is 18.4. The molecule has 3 aromatic rings. The van der Waals surface area contributed by atoms with Crippen LogP contribution in [0.1, 0.15) is 16.9 Å². The van der Waals surface area contributed by atoms with E-state index in [1.807, 2.05) is 12.1 Å². The van der Waals surface area contributed by atoms with Crippen LogP contribution in [-0.4, -0.2) is 68.5 Å². The van der Waals surface area contributed by atoms with E-state index in [4.69, 9.17) is 26.2 Å². The van der Waals surface area contributed by atoms with E-state index >= 15 is 0 Å². The van der Waals surface area contributed by atoms with Gasteiger partial charge in [-0.05, 0) is 48.9 Å². The molecule has 1 aliphatic rings. The molecule has 0 spiro atoms. The highest BCUT2D eigenvalue weighted by molar-refractivity contribution is 7.89. The Balaban J connectivity index is 1.53. The molecule has 0 atom stereocenters. The minimum atomic E-state index is -3.83. The molecule has 0 saturated carbocycles. The first-order valence-corrected chi connectivity index (χ1v) is 12.7. The van der Waals surface area contributed by atoms with E-state index in [1.54, 1.807) is 35.0 Å². The third kappa shape index (κ3) is 6.02. The summed E-state index contributed by atoms with van der Waals surface area (Å²) in [6.45, 7) is 4.33. The third-order valence-corrected chi connectivity index (χ3v) is 6.61. The van der Waals surface area contributed by atoms with Crippen LogP contribution in [0.5, 0.6) is 0 Å². The SMILES string of the molecule is NS(=O)(=O)c1ccc(-n2nc(C(=O)OCCCN3CCOCC3)cc2-c2ccc(Cl)cc2)cc1. The number of carbonyl (C=O) groups is 1. The first-order chi connectivity index (χ1) is 16.3. The van der Waals surface area contributed by atoms with E-state index in [0.29, 0.717) is 22.8 Å². The van der Waals surface area contributed by atoms with Crippen molar-refractivity contribution < 1.29 is 22.7 Å². The fourth-order valence-electron chi connectivity index (χ4n) is 3.63. The van der Waals surface area contributed by atoms with Gasteiger partial charge in [-0.1, -0.05) is 23.7 Å². The molecule has 34 heavy (non-hydrogen) atoms.